The monoisotopic (exact) mass is 1050 g/mol. The van der Waals surface area contributed by atoms with Gasteiger partial charge in [0, 0.05) is 111 Å². The lowest BCUT2D eigenvalue weighted by molar-refractivity contribution is -0.125. The van der Waals surface area contributed by atoms with Crippen LogP contribution in [-0.2, 0) is 25.2 Å². The van der Waals surface area contributed by atoms with Crippen molar-refractivity contribution in [2.45, 2.75) is 213 Å². The smallest absolute Gasteiger partial charge is 0.323 e. The molecule has 1 aromatic carbocycles. The molecule has 0 aliphatic carbocycles. The Labute approximate surface area is 455 Å². The van der Waals surface area contributed by atoms with E-state index in [0.717, 1.165) is 83.0 Å². The molecule has 3 amide bonds. The van der Waals surface area contributed by atoms with Gasteiger partial charge in [-0.25, -0.2) is 4.79 Å². The molecule has 3 aromatic rings. The van der Waals surface area contributed by atoms with Crippen LogP contribution in [0.15, 0.2) is 41.5 Å². The van der Waals surface area contributed by atoms with Crippen LogP contribution in [0.2, 0.25) is 0 Å². The fraction of sp³-hybridized carbons (Fsp3) is 0.770. The van der Waals surface area contributed by atoms with Crippen LogP contribution in [-0.4, -0.2) is 105 Å². The second-order valence-corrected chi connectivity index (χ2v) is 29.1. The number of hydrogen-bond acceptors (Lipinski definition) is 8. The van der Waals surface area contributed by atoms with E-state index in [-0.39, 0.29) is 56.4 Å². The molecule has 0 saturated carbocycles. The molecule has 0 radical (unpaired) electrons. The van der Waals surface area contributed by atoms with Crippen LogP contribution in [0.4, 0.5) is 0 Å². The molecule has 5 aliphatic heterocycles. The number of hydrogen-bond donors (Lipinski definition) is 8. The van der Waals surface area contributed by atoms with E-state index in [2.05, 4.69) is 191 Å². The lowest BCUT2D eigenvalue weighted by Gasteiger charge is -2.36. The zero-order valence-corrected chi connectivity index (χ0v) is 51.3. The summed E-state index contributed by atoms with van der Waals surface area (Å²) in [4.78, 5) is 54.5. The van der Waals surface area contributed by atoms with Crippen LogP contribution < -0.4 is 27.4 Å². The lowest BCUT2D eigenvalue weighted by atomic mass is 9.75. The Morgan fingerprint density at radius 2 is 1.09 bits per heavy atom. The molecule has 4 atom stereocenters. The van der Waals surface area contributed by atoms with E-state index >= 15 is 0 Å². The predicted molar refractivity (Wildman–Crippen MR) is 313 cm³/mol. The molecule has 8 rings (SSSR count). The number of nitrogens with two attached hydrogens (primary N) is 1. The third-order valence-corrected chi connectivity index (χ3v) is 15.4. The topological polar surface area (TPSA) is 204 Å². The summed E-state index contributed by atoms with van der Waals surface area (Å²) in [5.41, 5.74) is 10.9. The Balaban J connectivity index is 0.000000300. The molecular formula is C61H111N9O5. The highest BCUT2D eigenvalue weighted by molar-refractivity contribution is 5.84. The molecule has 5 fully saturated rings. The van der Waals surface area contributed by atoms with Gasteiger partial charge in [0.1, 0.15) is 0 Å². The van der Waals surface area contributed by atoms with Crippen molar-refractivity contribution < 1.29 is 19.6 Å². The maximum atomic E-state index is 11.1. The number of nitrogens with one attached hydrogen (secondary N) is 6. The van der Waals surface area contributed by atoms with Gasteiger partial charge in [-0.05, 0) is 109 Å². The number of piperidine rings is 2. The predicted octanol–water partition coefficient (Wildman–Crippen LogP) is 11.3. The third kappa shape index (κ3) is 24.5. The van der Waals surface area contributed by atoms with Crippen molar-refractivity contribution in [3.05, 3.63) is 58.4 Å². The summed E-state index contributed by atoms with van der Waals surface area (Å²) in [5, 5.41) is 20.4. The number of likely N-dealkylation sites (tertiary alicyclic amines) is 1. The second kappa shape index (κ2) is 28.1. The summed E-state index contributed by atoms with van der Waals surface area (Å²) < 4.78 is 0. The van der Waals surface area contributed by atoms with Crippen molar-refractivity contribution in [3.8, 4) is 0 Å². The first-order chi connectivity index (χ1) is 34.1. The van der Waals surface area contributed by atoms with Gasteiger partial charge in [-0.1, -0.05) is 143 Å². The van der Waals surface area contributed by atoms with E-state index in [9.17, 15) is 19.2 Å². The van der Waals surface area contributed by atoms with Crippen LogP contribution in [0, 0.1) is 45.3 Å². The first-order valence-electron chi connectivity index (χ1n) is 28.2. The van der Waals surface area contributed by atoms with E-state index in [1.165, 1.54) is 28.1 Å². The number of fused-ring (bicyclic) bond motifs is 1. The van der Waals surface area contributed by atoms with Gasteiger partial charge < -0.3 is 41.8 Å². The zero-order valence-electron chi connectivity index (χ0n) is 51.3. The van der Waals surface area contributed by atoms with Gasteiger partial charge in [0.2, 0.25) is 17.7 Å². The number of aromatic nitrogens is 3. The average Bonchev–Trinajstić information content (AvgIpc) is 4.13. The molecule has 0 spiro atoms. The number of carbonyl (C=O) groups excluding carboxylic acids is 3. The molecule has 2 aromatic heterocycles. The summed E-state index contributed by atoms with van der Waals surface area (Å²) >= 11 is 0. The molecule has 7 heterocycles. The van der Waals surface area contributed by atoms with Gasteiger partial charge >= 0.3 is 5.69 Å². The van der Waals surface area contributed by atoms with Gasteiger partial charge in [-0.3, -0.25) is 19.3 Å². The number of benzene rings is 1. The minimum Gasteiger partial charge on any atom is -0.361 e. The van der Waals surface area contributed by atoms with E-state index in [1.54, 1.807) is 6.20 Å². The van der Waals surface area contributed by atoms with Crippen molar-refractivity contribution >= 4 is 28.6 Å². The SMILES string of the molecule is CC(C)(C)C1CCN(O)CC1.CC(C)(C)C1CCNC(=O)C1.CC(C)(C)C1CCNC1=O.CC(C)(C)C1CNC(=O)C1.CC(C)(C)N1CC[C@H](N)C1.CC(C)(C)c1c[nH]c(=O)[nH]1.CC(C)(C)c1c[nH]c2ccccc12. The Morgan fingerprint density at radius 3 is 1.43 bits per heavy atom. The highest BCUT2D eigenvalue weighted by Crippen LogP contribution is 2.35. The van der Waals surface area contributed by atoms with Crippen LogP contribution >= 0.6 is 0 Å². The molecule has 9 N–H and O–H groups in total. The maximum absolute atomic E-state index is 11.1. The summed E-state index contributed by atoms with van der Waals surface area (Å²) in [6, 6.07) is 8.85. The molecule has 5 saturated heterocycles. The van der Waals surface area contributed by atoms with Gasteiger partial charge in [0.05, 0.1) is 0 Å². The summed E-state index contributed by atoms with van der Waals surface area (Å²) in [6.45, 7) is 52.5. The number of carbonyl (C=O) groups is 3. The molecule has 0 bridgehead atoms. The molecular weight excluding hydrogens is 939 g/mol. The molecule has 3 unspecified atom stereocenters. The average molecular weight is 1050 g/mol. The third-order valence-electron chi connectivity index (χ3n) is 15.4. The summed E-state index contributed by atoms with van der Waals surface area (Å²) in [7, 11) is 0. The normalized spacial score (nSPS) is 22.1. The van der Waals surface area contributed by atoms with E-state index in [4.69, 9.17) is 10.9 Å². The van der Waals surface area contributed by atoms with Crippen molar-refractivity contribution in [3.63, 3.8) is 0 Å². The number of H-pyrrole nitrogens is 3. The Bertz CT molecular complexity index is 2220. The number of hydroxylamine groups is 2. The minimum atomic E-state index is -0.134. The first-order valence-corrected chi connectivity index (χ1v) is 28.2. The molecule has 430 valence electrons. The van der Waals surface area contributed by atoms with E-state index in [0.29, 0.717) is 41.7 Å². The Morgan fingerprint density at radius 1 is 0.560 bits per heavy atom. The molecule has 14 nitrogen and oxygen atoms in total. The van der Waals surface area contributed by atoms with Gasteiger partial charge in [0.25, 0.3) is 0 Å². The van der Waals surface area contributed by atoms with Gasteiger partial charge in [-0.2, -0.15) is 5.06 Å². The van der Waals surface area contributed by atoms with Gasteiger partial charge in [0.15, 0.2) is 0 Å². The van der Waals surface area contributed by atoms with Crippen LogP contribution in [0.25, 0.3) is 10.9 Å². The largest absolute Gasteiger partial charge is 0.361 e. The highest BCUT2D eigenvalue weighted by Gasteiger charge is 2.35. The van der Waals surface area contributed by atoms with Crippen molar-refractivity contribution in [2.75, 3.05) is 45.8 Å². The number of imidazole rings is 1. The van der Waals surface area contributed by atoms with Crippen molar-refractivity contribution in [1.82, 2.24) is 40.9 Å². The number of rotatable bonds is 0. The van der Waals surface area contributed by atoms with Crippen LogP contribution in [0.1, 0.15) is 202 Å². The number of nitrogens with zero attached hydrogens (tertiary/aromatic N) is 2. The van der Waals surface area contributed by atoms with E-state index in [1.807, 2.05) is 20.8 Å². The minimum absolute atomic E-state index is 0.0269. The first kappa shape index (κ1) is 67.1. The number of amides is 3. The van der Waals surface area contributed by atoms with Crippen molar-refractivity contribution in [1.29, 1.82) is 0 Å². The second-order valence-electron chi connectivity index (χ2n) is 29.1. The quantitative estimate of drug-likeness (QED) is 0.109. The fourth-order valence-electron chi connectivity index (χ4n) is 9.72. The lowest BCUT2D eigenvalue weighted by Crippen LogP contribution is -2.40. The standard InChI is InChI=1S/C12H15N.C9H19NO.C9H17NO.C8H18N2.2C8H15NO.C7H12N2O/c1-12(2,3)10-8-13-11-7-5-4-6-9(10)11;1-9(2,3)8-4-6-10(11)7-5-8;1-9(2,3)7-4-5-10-8(11)6-7;1-8(2,3)10-5-4-7(9)6-10;1-8(2,3)6-4-7(10)9-5-6;1-8(2,3)6-4-5-9-7(6)10;1-7(2,3)5-4-8-6(10)9-5/h4-8,13H,1-3H3;8,11H,4-7H2,1-3H3;7H,4-6H2,1-3H3,(H,10,11);7H,4-6,9H2,1-3H3;2*6H,4-5H2,1-3H3,(H,9,10);4H,1-3H3,(H2,8,9,10)/t;;;7-;;;/m...0.../s1. The summed E-state index contributed by atoms with van der Waals surface area (Å²) in [5.74, 6) is 2.76. The Hall–Kier alpha value is -3.98. The maximum Gasteiger partial charge on any atom is 0.323 e. The Kier molecular flexibility index (Phi) is 25.1. The molecule has 14 heteroatoms. The van der Waals surface area contributed by atoms with E-state index < -0.39 is 0 Å². The number of para-hydroxylation sites is 1. The highest BCUT2D eigenvalue weighted by atomic mass is 16.5. The van der Waals surface area contributed by atoms with Crippen LogP contribution in [0.3, 0.4) is 0 Å². The van der Waals surface area contributed by atoms with Gasteiger partial charge in [-0.15, -0.1) is 0 Å². The van der Waals surface area contributed by atoms with Crippen LogP contribution in [0.5, 0.6) is 0 Å². The molecule has 5 aliphatic rings. The van der Waals surface area contributed by atoms with Crippen molar-refractivity contribution in [2.24, 2.45) is 51.1 Å². The molecule has 75 heavy (non-hydrogen) atoms. The summed E-state index contributed by atoms with van der Waals surface area (Å²) in [6.07, 6.45) is 10.8. The fourth-order valence-corrected chi connectivity index (χ4v) is 9.72. The zero-order chi connectivity index (χ0) is 57.5. The number of aromatic amines is 3.